The zero-order valence-electron chi connectivity index (χ0n) is 37.5. The van der Waals surface area contributed by atoms with E-state index in [2.05, 4.69) is 35.7 Å². The summed E-state index contributed by atoms with van der Waals surface area (Å²) in [5.41, 5.74) is 5.60. The van der Waals surface area contributed by atoms with Crippen molar-refractivity contribution in [1.29, 1.82) is 0 Å². The Hall–Kier alpha value is -6.53. The molecule has 5 amide bonds. The number of halogens is 2. The van der Waals surface area contributed by atoms with Crippen molar-refractivity contribution in [3.8, 4) is 11.1 Å². The minimum Gasteiger partial charge on any atom is -0.374 e. The van der Waals surface area contributed by atoms with Gasteiger partial charge in [0.15, 0.2) is 11.2 Å². The molecule has 6 aliphatic rings. The van der Waals surface area contributed by atoms with Gasteiger partial charge in [0.05, 0.1) is 25.1 Å². The van der Waals surface area contributed by atoms with Crippen molar-refractivity contribution in [2.75, 3.05) is 61.3 Å². The molecule has 5 aromatic rings. The molecule has 1 spiro atoms. The number of anilines is 3. The lowest BCUT2D eigenvalue weighted by Crippen LogP contribution is -2.63. The third-order valence-electron chi connectivity index (χ3n) is 15.0. The van der Waals surface area contributed by atoms with Gasteiger partial charge >= 0.3 is 0 Å². The number of thiazole rings is 1. The predicted molar refractivity (Wildman–Crippen MR) is 251 cm³/mol. The second-order valence-corrected chi connectivity index (χ2v) is 20.1. The molecule has 2 aromatic heterocycles. The van der Waals surface area contributed by atoms with Gasteiger partial charge in [0.2, 0.25) is 17.7 Å². The summed E-state index contributed by atoms with van der Waals surface area (Å²) in [6, 6.07) is 14.6. The maximum Gasteiger partial charge on any atom is 0.255 e. The zero-order valence-corrected chi connectivity index (χ0v) is 38.3. The molecule has 2 atom stereocenters. The number of hydrogen-bond donors (Lipinski definition) is 3. The number of rotatable bonds is 11. The van der Waals surface area contributed by atoms with E-state index in [1.807, 2.05) is 33.7 Å². The van der Waals surface area contributed by atoms with Crippen LogP contribution in [-0.4, -0.2) is 111 Å². The van der Waals surface area contributed by atoms with E-state index in [9.17, 15) is 24.0 Å². The van der Waals surface area contributed by atoms with E-state index in [1.54, 1.807) is 36.1 Å². The molecule has 3 aromatic carbocycles. The summed E-state index contributed by atoms with van der Waals surface area (Å²) in [6.07, 6.45) is 9.01. The van der Waals surface area contributed by atoms with E-state index < -0.39 is 35.6 Å². The number of fused-ring (bicyclic) bond motifs is 2. The molecule has 15 nitrogen and oxygen atoms in total. The van der Waals surface area contributed by atoms with Crippen LogP contribution in [0.1, 0.15) is 89.8 Å². The van der Waals surface area contributed by atoms with Gasteiger partial charge in [0, 0.05) is 84.3 Å². The largest absolute Gasteiger partial charge is 0.374 e. The van der Waals surface area contributed by atoms with Crippen LogP contribution in [0.4, 0.5) is 25.3 Å². The highest BCUT2D eigenvalue weighted by Crippen LogP contribution is 2.43. The molecular formula is C50H52F2N10O5S. The molecule has 18 heteroatoms. The molecule has 0 bridgehead atoms. The number of hydrogen-bond acceptors (Lipinski definition) is 11. The van der Waals surface area contributed by atoms with Crippen LogP contribution in [0.15, 0.2) is 72.5 Å². The topological polar surface area (TPSA) is 165 Å². The number of nitrogens with zero attached hydrogens (tertiary/aromatic N) is 7. The van der Waals surface area contributed by atoms with E-state index in [0.29, 0.717) is 53.7 Å². The number of imide groups is 1. The second kappa shape index (κ2) is 17.8. The van der Waals surface area contributed by atoms with Crippen molar-refractivity contribution in [1.82, 2.24) is 34.6 Å². The minimum atomic E-state index is -1.05. The molecule has 352 valence electrons. The normalized spacial score (nSPS) is 20.8. The first-order valence-electron chi connectivity index (χ1n) is 23.6. The van der Waals surface area contributed by atoms with Crippen LogP contribution < -0.4 is 20.9 Å². The molecule has 4 saturated heterocycles. The van der Waals surface area contributed by atoms with Crippen LogP contribution in [0, 0.1) is 17.0 Å². The molecule has 0 aliphatic carbocycles. The predicted octanol–water partition coefficient (Wildman–Crippen LogP) is 6.09. The number of likely N-dealkylation sites (tertiary alicyclic amines) is 2. The number of carbonyl (C=O) groups is 5. The molecule has 2 unspecified atom stereocenters. The number of piperidine rings is 3. The Labute approximate surface area is 395 Å². The quantitative estimate of drug-likeness (QED) is 0.132. The summed E-state index contributed by atoms with van der Waals surface area (Å²) < 4.78 is 33.3. The zero-order chi connectivity index (χ0) is 46.7. The average molecular weight is 943 g/mol. The smallest absolute Gasteiger partial charge is 0.255 e. The van der Waals surface area contributed by atoms with E-state index in [-0.39, 0.29) is 53.1 Å². The molecular weight excluding hydrogens is 891 g/mol. The number of amides is 5. The molecule has 0 radical (unpaired) electrons. The Morgan fingerprint density at radius 2 is 1.68 bits per heavy atom. The van der Waals surface area contributed by atoms with Gasteiger partial charge < -0.3 is 24.6 Å². The highest BCUT2D eigenvalue weighted by molar-refractivity contribution is 7.13. The van der Waals surface area contributed by atoms with Crippen LogP contribution in [0.25, 0.3) is 11.1 Å². The van der Waals surface area contributed by atoms with Gasteiger partial charge in [-0.2, -0.15) is 0 Å². The number of aryl methyl sites for hydroxylation is 1. The highest BCUT2D eigenvalue weighted by Gasteiger charge is 2.47. The third kappa shape index (κ3) is 8.41. The molecule has 3 N–H and O–H groups in total. The summed E-state index contributed by atoms with van der Waals surface area (Å²) in [6.45, 7) is 5.73. The van der Waals surface area contributed by atoms with E-state index in [4.69, 9.17) is 0 Å². The molecule has 0 saturated carbocycles. The maximum atomic E-state index is 16.0. The fraction of sp³-hybridized carbons (Fsp3) is 0.420. The first-order chi connectivity index (χ1) is 33.0. The maximum absolute atomic E-state index is 16.0. The number of carbonyl (C=O) groups excluding carboxylic acids is 5. The van der Waals surface area contributed by atoms with E-state index in [0.717, 1.165) is 88.2 Å². The Balaban J connectivity index is 0.662. The summed E-state index contributed by atoms with van der Waals surface area (Å²) >= 11 is 1.28. The number of aromatic nitrogens is 3. The summed E-state index contributed by atoms with van der Waals surface area (Å²) in [5.74, 6) is -2.18. The average Bonchev–Trinajstić information content (AvgIpc) is 4.15. The first kappa shape index (κ1) is 44.0. The molecule has 68 heavy (non-hydrogen) atoms. The highest BCUT2D eigenvalue weighted by atomic mass is 32.1. The van der Waals surface area contributed by atoms with Gasteiger partial charge in [0.1, 0.15) is 17.7 Å². The second-order valence-electron chi connectivity index (χ2n) is 19.2. The van der Waals surface area contributed by atoms with E-state index >= 15 is 8.78 Å². The van der Waals surface area contributed by atoms with Gasteiger partial charge in [0.25, 0.3) is 11.8 Å². The Morgan fingerprint density at radius 1 is 0.882 bits per heavy atom. The van der Waals surface area contributed by atoms with Crippen molar-refractivity contribution in [2.24, 2.45) is 5.41 Å². The lowest BCUT2D eigenvalue weighted by Gasteiger charge is -2.54. The van der Waals surface area contributed by atoms with Crippen molar-refractivity contribution in [2.45, 2.75) is 82.5 Å². The van der Waals surface area contributed by atoms with Crippen molar-refractivity contribution in [3.05, 3.63) is 112 Å². The van der Waals surface area contributed by atoms with Crippen LogP contribution in [0.5, 0.6) is 0 Å². The van der Waals surface area contributed by atoms with Crippen LogP contribution in [0.2, 0.25) is 0 Å². The fourth-order valence-corrected chi connectivity index (χ4v) is 11.7. The van der Waals surface area contributed by atoms with Crippen LogP contribution in [-0.2, 0) is 38.7 Å². The third-order valence-corrected chi connectivity index (χ3v) is 15.7. The lowest BCUT2D eigenvalue weighted by molar-refractivity contribution is -0.146. The van der Waals surface area contributed by atoms with Crippen molar-refractivity contribution in [3.63, 3.8) is 0 Å². The van der Waals surface area contributed by atoms with Gasteiger partial charge in [-0.25, -0.2) is 18.7 Å². The van der Waals surface area contributed by atoms with Gasteiger partial charge in [-0.15, -0.1) is 11.3 Å². The summed E-state index contributed by atoms with van der Waals surface area (Å²) in [7, 11) is 0. The monoisotopic (exact) mass is 942 g/mol. The SMILES string of the molecule is O=C1CCC(Nc2ccc(C3CCN(CC(=O)N4CC5(CCN(c6ccc(-c7cc(F)c8c(c7)C(=O)N(C(C(=O)Nc7nccs7)c7ncn9c7CCC9)C8)cc6)CC5)C4)CC3)c(F)c2)C(=O)N1. The van der Waals surface area contributed by atoms with Gasteiger partial charge in [-0.05, 0) is 117 Å². The fourth-order valence-electron chi connectivity index (χ4n) is 11.2. The Bertz CT molecular complexity index is 2790. The van der Waals surface area contributed by atoms with E-state index in [1.165, 1.54) is 28.4 Å². The van der Waals surface area contributed by atoms with Crippen molar-refractivity contribution < 1.29 is 32.8 Å². The number of benzene rings is 3. The summed E-state index contributed by atoms with van der Waals surface area (Å²) in [4.78, 5) is 81.8. The number of nitrogens with one attached hydrogen (secondary N) is 3. The van der Waals surface area contributed by atoms with Crippen LogP contribution in [0.3, 0.4) is 0 Å². The number of imidazole rings is 1. The summed E-state index contributed by atoms with van der Waals surface area (Å²) in [5, 5.41) is 10.4. The van der Waals surface area contributed by atoms with Crippen LogP contribution >= 0.6 is 11.3 Å². The van der Waals surface area contributed by atoms with Crippen molar-refractivity contribution >= 4 is 57.4 Å². The Morgan fingerprint density at radius 3 is 2.41 bits per heavy atom. The first-order valence-corrected chi connectivity index (χ1v) is 24.5. The minimum absolute atomic E-state index is 0.0454. The van der Waals surface area contributed by atoms with Gasteiger partial charge in [-0.1, -0.05) is 18.2 Å². The molecule has 4 fully saturated rings. The van der Waals surface area contributed by atoms with Gasteiger partial charge in [-0.3, -0.25) is 39.5 Å². The lowest BCUT2D eigenvalue weighted by atomic mass is 9.72. The Kier molecular flexibility index (Phi) is 11.5. The molecule has 6 aliphatic heterocycles. The molecule has 8 heterocycles. The molecule has 11 rings (SSSR count). The standard InChI is InChI=1S/C50H52F2N10O5S/c51-38-23-32(22-36-37(38)25-62(48(36)67)45(47(66)57-49-53-15-21-68-49)44-41-2-1-16-60(41)29-54-44)30-3-6-34(7-4-30)59-19-13-50(14-20-59)27-61(28-50)43(64)26-58-17-11-31(12-18-58)35-8-5-33(24-39(35)52)55-40-9-10-42(63)56-46(40)65/h3-8,15,21-24,29,31,40,45,55H,1-2,9-14,16-20,25-28H2,(H,53,57,66)(H,56,63,65).